The molecule has 9 nitrogen and oxygen atoms in total. The molecule has 0 aliphatic heterocycles. The summed E-state index contributed by atoms with van der Waals surface area (Å²) in [4.78, 5) is 16.0. The summed E-state index contributed by atoms with van der Waals surface area (Å²) < 4.78 is 22.3. The van der Waals surface area contributed by atoms with Crippen molar-refractivity contribution in [1.29, 1.82) is 0 Å². The lowest BCUT2D eigenvalue weighted by Gasteiger charge is -2.07. The van der Waals surface area contributed by atoms with E-state index in [1.165, 1.54) is 7.11 Å². The summed E-state index contributed by atoms with van der Waals surface area (Å²) in [6, 6.07) is 10.9. The Morgan fingerprint density at radius 3 is 2.63 bits per heavy atom. The zero-order chi connectivity index (χ0) is 19.1. The molecule has 3 aromatic rings. The van der Waals surface area contributed by atoms with Gasteiger partial charge in [0.25, 0.3) is 0 Å². The minimum absolute atomic E-state index is 0.00432. The number of benzene rings is 1. The third-order valence-electron chi connectivity index (χ3n) is 3.52. The third kappa shape index (κ3) is 4.72. The second-order valence-corrected chi connectivity index (χ2v) is 5.48. The van der Waals surface area contributed by atoms with Gasteiger partial charge >= 0.3 is 6.01 Å². The van der Waals surface area contributed by atoms with E-state index in [1.807, 2.05) is 12.1 Å². The number of methoxy groups -OCH3 is 2. The molecule has 0 fully saturated rings. The van der Waals surface area contributed by atoms with Crippen LogP contribution in [0.3, 0.4) is 0 Å². The molecule has 0 saturated heterocycles. The van der Waals surface area contributed by atoms with Gasteiger partial charge in [-0.3, -0.25) is 4.79 Å². The quantitative estimate of drug-likeness (QED) is 0.574. The fourth-order valence-electron chi connectivity index (χ4n) is 2.33. The highest BCUT2D eigenvalue weighted by atomic mass is 16.5. The maximum absolute atomic E-state index is 11.6. The van der Waals surface area contributed by atoms with E-state index in [0.29, 0.717) is 30.5 Å². The molecule has 9 heteroatoms. The fraction of sp³-hybridized carbons (Fsp3) is 0.278. The molecule has 1 N–H and O–H groups in total. The minimum atomic E-state index is -0.226. The van der Waals surface area contributed by atoms with Crippen LogP contribution in [-0.4, -0.2) is 54.7 Å². The van der Waals surface area contributed by atoms with E-state index in [4.69, 9.17) is 18.6 Å². The Bertz CT molecular complexity index is 859. The molecular formula is C18H20N4O5. The highest BCUT2D eigenvalue weighted by Crippen LogP contribution is 2.24. The molecule has 142 valence electrons. The summed E-state index contributed by atoms with van der Waals surface area (Å²) >= 11 is 0. The molecule has 27 heavy (non-hydrogen) atoms. The molecule has 0 saturated carbocycles. The number of ether oxygens (including phenoxy) is 3. The largest absolute Gasteiger partial charge is 0.461 e. The number of nitrogens with one attached hydrogen (secondary N) is 1. The molecule has 1 aromatic carbocycles. The summed E-state index contributed by atoms with van der Waals surface area (Å²) in [6.45, 7) is 0.763. The standard InChI is InChI=1S/C18H20N4O5/c1-24-10-11-27-18-20-17(15-4-3-9-26-15)22(21-18)14-7-5-13(6-8-14)19-16(23)12-25-2/h3-9H,10-12H2,1-2H3,(H,19,23). The monoisotopic (exact) mass is 372 g/mol. The van der Waals surface area contributed by atoms with E-state index in [1.54, 1.807) is 42.3 Å². The van der Waals surface area contributed by atoms with Crippen molar-refractivity contribution in [1.82, 2.24) is 14.8 Å². The van der Waals surface area contributed by atoms with Crippen molar-refractivity contribution in [3.05, 3.63) is 42.7 Å². The van der Waals surface area contributed by atoms with E-state index >= 15 is 0 Å². The predicted octanol–water partition coefficient (Wildman–Crippen LogP) is 2.14. The first-order valence-electron chi connectivity index (χ1n) is 8.23. The lowest BCUT2D eigenvalue weighted by Crippen LogP contribution is -2.17. The molecule has 1 amide bonds. The van der Waals surface area contributed by atoms with Crippen molar-refractivity contribution < 1.29 is 23.4 Å². The smallest absolute Gasteiger partial charge is 0.336 e. The summed E-state index contributed by atoms with van der Waals surface area (Å²) in [7, 11) is 3.06. The minimum Gasteiger partial charge on any atom is -0.461 e. The summed E-state index contributed by atoms with van der Waals surface area (Å²) in [5.41, 5.74) is 1.39. The van der Waals surface area contributed by atoms with Crippen LogP contribution in [0.4, 0.5) is 5.69 Å². The van der Waals surface area contributed by atoms with Gasteiger partial charge in [-0.2, -0.15) is 4.98 Å². The molecule has 2 aromatic heterocycles. The molecule has 0 aliphatic rings. The van der Waals surface area contributed by atoms with Crippen molar-refractivity contribution >= 4 is 11.6 Å². The van der Waals surface area contributed by atoms with Gasteiger partial charge in [-0.25, -0.2) is 4.68 Å². The van der Waals surface area contributed by atoms with Gasteiger partial charge in [0.2, 0.25) is 11.7 Å². The van der Waals surface area contributed by atoms with Crippen molar-refractivity contribution in [3.8, 4) is 23.3 Å². The Hall–Kier alpha value is -3.17. The Morgan fingerprint density at radius 2 is 1.96 bits per heavy atom. The highest BCUT2D eigenvalue weighted by molar-refractivity contribution is 5.91. The van der Waals surface area contributed by atoms with E-state index in [9.17, 15) is 4.79 Å². The number of carbonyl (C=O) groups excluding carboxylic acids is 1. The predicted molar refractivity (Wildman–Crippen MR) is 96.9 cm³/mol. The van der Waals surface area contributed by atoms with E-state index in [2.05, 4.69) is 15.4 Å². The topological polar surface area (TPSA) is 101 Å². The SMILES string of the molecule is COCCOc1nc(-c2ccco2)n(-c2ccc(NC(=O)COC)cc2)n1. The van der Waals surface area contributed by atoms with Crippen LogP contribution in [0.25, 0.3) is 17.3 Å². The molecule has 2 heterocycles. The van der Waals surface area contributed by atoms with Gasteiger partial charge in [0.05, 0.1) is 18.6 Å². The number of hydrogen-bond acceptors (Lipinski definition) is 7. The molecule has 0 aliphatic carbocycles. The maximum atomic E-state index is 11.6. The first-order chi connectivity index (χ1) is 13.2. The van der Waals surface area contributed by atoms with Gasteiger partial charge in [0.15, 0.2) is 5.76 Å². The van der Waals surface area contributed by atoms with Gasteiger partial charge in [-0.05, 0) is 36.4 Å². The van der Waals surface area contributed by atoms with Crippen LogP contribution in [0, 0.1) is 0 Å². The van der Waals surface area contributed by atoms with Crippen LogP contribution >= 0.6 is 0 Å². The average molecular weight is 372 g/mol. The average Bonchev–Trinajstić information content (AvgIpc) is 3.32. The molecule has 0 atom stereocenters. The summed E-state index contributed by atoms with van der Waals surface area (Å²) in [5, 5.41) is 7.13. The number of carbonyl (C=O) groups is 1. The van der Waals surface area contributed by atoms with Crippen molar-refractivity contribution in [3.63, 3.8) is 0 Å². The van der Waals surface area contributed by atoms with E-state index < -0.39 is 0 Å². The van der Waals surface area contributed by atoms with E-state index in [-0.39, 0.29) is 18.5 Å². The third-order valence-corrected chi connectivity index (χ3v) is 3.52. The zero-order valence-corrected chi connectivity index (χ0v) is 15.0. The van der Waals surface area contributed by atoms with Crippen LogP contribution in [0.2, 0.25) is 0 Å². The van der Waals surface area contributed by atoms with E-state index in [0.717, 1.165) is 5.69 Å². The Labute approximate surface area is 155 Å². The van der Waals surface area contributed by atoms with Gasteiger partial charge in [-0.1, -0.05) is 0 Å². The van der Waals surface area contributed by atoms with Crippen LogP contribution < -0.4 is 10.1 Å². The van der Waals surface area contributed by atoms with Gasteiger partial charge in [-0.15, -0.1) is 5.10 Å². The first kappa shape index (κ1) is 18.6. The Balaban J connectivity index is 1.84. The van der Waals surface area contributed by atoms with Crippen LogP contribution in [0.15, 0.2) is 47.1 Å². The van der Waals surface area contributed by atoms with Crippen molar-refractivity contribution in [2.75, 3.05) is 39.4 Å². The molecule has 0 spiro atoms. The number of amides is 1. The molecule has 0 unspecified atom stereocenters. The number of furan rings is 1. The number of rotatable bonds is 9. The second-order valence-electron chi connectivity index (χ2n) is 5.48. The second kappa shape index (κ2) is 8.97. The maximum Gasteiger partial charge on any atom is 0.336 e. The zero-order valence-electron chi connectivity index (χ0n) is 15.0. The van der Waals surface area contributed by atoms with Crippen molar-refractivity contribution in [2.45, 2.75) is 0 Å². The van der Waals surface area contributed by atoms with Crippen LogP contribution in [0.5, 0.6) is 6.01 Å². The van der Waals surface area contributed by atoms with Crippen LogP contribution in [-0.2, 0) is 14.3 Å². The van der Waals surface area contributed by atoms with Gasteiger partial charge in [0.1, 0.15) is 13.2 Å². The van der Waals surface area contributed by atoms with Crippen molar-refractivity contribution in [2.24, 2.45) is 0 Å². The Kier molecular flexibility index (Phi) is 6.18. The Morgan fingerprint density at radius 1 is 1.15 bits per heavy atom. The molecule has 0 radical (unpaired) electrons. The molecular weight excluding hydrogens is 352 g/mol. The lowest BCUT2D eigenvalue weighted by molar-refractivity contribution is -0.119. The highest BCUT2D eigenvalue weighted by Gasteiger charge is 2.17. The normalized spacial score (nSPS) is 10.7. The summed E-state index contributed by atoms with van der Waals surface area (Å²) in [5.74, 6) is 0.835. The fourth-order valence-corrected chi connectivity index (χ4v) is 2.33. The summed E-state index contributed by atoms with van der Waals surface area (Å²) in [6.07, 6.45) is 1.56. The van der Waals surface area contributed by atoms with Crippen LogP contribution in [0.1, 0.15) is 0 Å². The molecule has 3 rings (SSSR count). The number of aromatic nitrogens is 3. The number of nitrogens with zero attached hydrogens (tertiary/aromatic N) is 3. The number of anilines is 1. The molecule has 0 bridgehead atoms. The lowest BCUT2D eigenvalue weighted by atomic mass is 10.2. The number of hydrogen-bond donors (Lipinski definition) is 1. The van der Waals surface area contributed by atoms with Gasteiger partial charge < -0.3 is 23.9 Å². The first-order valence-corrected chi connectivity index (χ1v) is 8.23. The van der Waals surface area contributed by atoms with Gasteiger partial charge in [0, 0.05) is 19.9 Å².